The lowest BCUT2D eigenvalue weighted by atomic mass is 10.1. The number of halogens is 1. The fourth-order valence-electron chi connectivity index (χ4n) is 4.14. The van der Waals surface area contributed by atoms with Crippen molar-refractivity contribution in [3.05, 3.63) is 72.3 Å². The molecule has 0 saturated carbocycles. The molecule has 1 saturated heterocycles. The second-order valence-electron chi connectivity index (χ2n) is 7.29. The zero-order valence-electron chi connectivity index (χ0n) is 16.0. The van der Waals surface area contributed by atoms with Crippen LogP contribution in [0.2, 0.25) is 0 Å². The number of nitrogens with zero attached hydrogens (tertiary/aromatic N) is 3. The molecule has 0 bridgehead atoms. The molecule has 5 heteroatoms. The third-order valence-corrected chi connectivity index (χ3v) is 5.64. The van der Waals surface area contributed by atoms with E-state index < -0.39 is 0 Å². The number of hydrazine groups is 1. The summed E-state index contributed by atoms with van der Waals surface area (Å²) in [5, 5.41) is 7.46. The number of para-hydroxylation sites is 1. The molecule has 0 radical (unpaired) electrons. The van der Waals surface area contributed by atoms with Crippen LogP contribution < -0.4 is 10.0 Å². The first-order valence-corrected chi connectivity index (χ1v) is 9.80. The van der Waals surface area contributed by atoms with E-state index in [2.05, 4.69) is 81.6 Å². The lowest BCUT2D eigenvalue weighted by Crippen LogP contribution is -2.45. The van der Waals surface area contributed by atoms with Gasteiger partial charge >= 0.3 is 0 Å². The average molecular weight is 396 g/mol. The van der Waals surface area contributed by atoms with Gasteiger partial charge in [0.05, 0.1) is 37.7 Å². The van der Waals surface area contributed by atoms with E-state index in [1.54, 1.807) is 0 Å². The Balaban J connectivity index is 0.00000192. The maximum Gasteiger partial charge on any atom is 0.0667 e. The fourth-order valence-corrected chi connectivity index (χ4v) is 4.14. The van der Waals surface area contributed by atoms with E-state index in [-0.39, 0.29) is 12.4 Å². The number of morpholine rings is 1. The van der Waals surface area contributed by atoms with Crippen molar-refractivity contribution in [3.8, 4) is 0 Å². The molecule has 0 atom stereocenters. The summed E-state index contributed by atoms with van der Waals surface area (Å²) in [5.41, 5.74) is 3.98. The third kappa shape index (κ3) is 3.68. The lowest BCUT2D eigenvalue weighted by Gasteiger charge is -2.35. The van der Waals surface area contributed by atoms with E-state index in [0.29, 0.717) is 0 Å². The Hall–Kier alpha value is -2.27. The molecular weight excluding hydrogens is 370 g/mol. The molecule has 146 valence electrons. The zero-order chi connectivity index (χ0) is 18.1. The SMILES string of the molecule is Cl.c1ccc2c(c1)CN(c1ccc3ccccc3c1)N2CCN1CCOCC1. The Bertz CT molecular complexity index is 942. The molecule has 3 aromatic rings. The van der Waals surface area contributed by atoms with Crippen LogP contribution in [-0.4, -0.2) is 44.3 Å². The topological polar surface area (TPSA) is 19.0 Å². The van der Waals surface area contributed by atoms with Crippen molar-refractivity contribution in [3.63, 3.8) is 0 Å². The summed E-state index contributed by atoms with van der Waals surface area (Å²) in [6.45, 7) is 6.75. The molecule has 0 aliphatic carbocycles. The van der Waals surface area contributed by atoms with E-state index >= 15 is 0 Å². The standard InChI is InChI=1S/C23H25N3O.ClH/c1-2-6-20-17-22(10-9-19(20)5-1)26-18-21-7-3-4-8-23(21)25(26)12-11-24-13-15-27-16-14-24;/h1-10,17H,11-16,18H2;1H. The van der Waals surface area contributed by atoms with Gasteiger partial charge in [0.2, 0.25) is 0 Å². The maximum atomic E-state index is 5.49. The van der Waals surface area contributed by atoms with Crippen molar-refractivity contribution in [1.29, 1.82) is 0 Å². The Kier molecular flexibility index (Phi) is 5.72. The normalized spacial score (nSPS) is 16.9. The molecule has 0 amide bonds. The minimum Gasteiger partial charge on any atom is -0.379 e. The van der Waals surface area contributed by atoms with Crippen LogP contribution in [0.4, 0.5) is 11.4 Å². The Labute approximate surface area is 172 Å². The molecule has 3 aromatic carbocycles. The Morgan fingerprint density at radius 3 is 2.39 bits per heavy atom. The van der Waals surface area contributed by atoms with Crippen LogP contribution in [0.25, 0.3) is 10.8 Å². The highest BCUT2D eigenvalue weighted by Gasteiger charge is 2.27. The van der Waals surface area contributed by atoms with Crippen molar-refractivity contribution < 1.29 is 4.74 Å². The summed E-state index contributed by atoms with van der Waals surface area (Å²) < 4.78 is 5.49. The van der Waals surface area contributed by atoms with Crippen molar-refractivity contribution in [2.24, 2.45) is 0 Å². The molecule has 1 fully saturated rings. The molecule has 4 nitrogen and oxygen atoms in total. The van der Waals surface area contributed by atoms with Crippen molar-refractivity contribution in [2.75, 3.05) is 49.4 Å². The number of rotatable bonds is 4. The monoisotopic (exact) mass is 395 g/mol. The highest BCUT2D eigenvalue weighted by Crippen LogP contribution is 2.35. The lowest BCUT2D eigenvalue weighted by molar-refractivity contribution is 0.0391. The first kappa shape index (κ1) is 19.1. The molecule has 2 heterocycles. The maximum absolute atomic E-state index is 5.49. The van der Waals surface area contributed by atoms with Crippen LogP contribution in [0.1, 0.15) is 5.56 Å². The van der Waals surface area contributed by atoms with Crippen LogP contribution in [0.15, 0.2) is 66.7 Å². The molecule has 0 N–H and O–H groups in total. The second kappa shape index (κ2) is 8.39. The quantitative estimate of drug-likeness (QED) is 0.654. The Morgan fingerprint density at radius 2 is 1.54 bits per heavy atom. The van der Waals surface area contributed by atoms with Crippen LogP contribution in [-0.2, 0) is 11.3 Å². The van der Waals surface area contributed by atoms with Crippen molar-refractivity contribution in [1.82, 2.24) is 4.90 Å². The average Bonchev–Trinajstić information content (AvgIpc) is 3.11. The predicted molar refractivity (Wildman–Crippen MR) is 118 cm³/mol. The van der Waals surface area contributed by atoms with E-state index in [0.717, 1.165) is 45.9 Å². The minimum absolute atomic E-state index is 0. The highest BCUT2D eigenvalue weighted by atomic mass is 35.5. The first-order chi connectivity index (χ1) is 13.4. The molecule has 28 heavy (non-hydrogen) atoms. The molecule has 2 aliphatic heterocycles. The summed E-state index contributed by atoms with van der Waals surface area (Å²) in [6, 6.07) is 24.1. The summed E-state index contributed by atoms with van der Waals surface area (Å²) in [7, 11) is 0. The van der Waals surface area contributed by atoms with Crippen LogP contribution in [0.3, 0.4) is 0 Å². The number of hydrogen-bond donors (Lipinski definition) is 0. The third-order valence-electron chi connectivity index (χ3n) is 5.64. The minimum atomic E-state index is 0. The van der Waals surface area contributed by atoms with Gasteiger partial charge in [-0.2, -0.15) is 0 Å². The summed E-state index contributed by atoms with van der Waals surface area (Å²) in [6.07, 6.45) is 0. The molecule has 2 aliphatic rings. The second-order valence-corrected chi connectivity index (χ2v) is 7.29. The van der Waals surface area contributed by atoms with Crippen LogP contribution >= 0.6 is 12.4 Å². The van der Waals surface area contributed by atoms with E-state index in [9.17, 15) is 0 Å². The fraction of sp³-hybridized carbons (Fsp3) is 0.304. The van der Waals surface area contributed by atoms with Crippen molar-refractivity contribution in [2.45, 2.75) is 6.54 Å². The smallest absolute Gasteiger partial charge is 0.0667 e. The number of fused-ring (bicyclic) bond motifs is 2. The summed E-state index contributed by atoms with van der Waals surface area (Å²) >= 11 is 0. The number of benzene rings is 3. The van der Waals surface area contributed by atoms with Gasteiger partial charge in [-0.15, -0.1) is 12.4 Å². The van der Waals surface area contributed by atoms with E-state index in [1.807, 2.05) is 0 Å². The molecule has 0 unspecified atom stereocenters. The van der Waals surface area contributed by atoms with Gasteiger partial charge in [0.15, 0.2) is 0 Å². The highest BCUT2D eigenvalue weighted by molar-refractivity contribution is 5.86. The molecular formula is C23H26ClN3O. The number of hydrogen-bond acceptors (Lipinski definition) is 4. The van der Waals surface area contributed by atoms with Gasteiger partial charge < -0.3 is 4.74 Å². The van der Waals surface area contributed by atoms with Crippen molar-refractivity contribution >= 4 is 34.6 Å². The number of anilines is 2. The largest absolute Gasteiger partial charge is 0.379 e. The van der Waals surface area contributed by atoms with Gasteiger partial charge in [-0.05, 0) is 34.5 Å². The molecule has 0 aromatic heterocycles. The van der Waals surface area contributed by atoms with Gasteiger partial charge in [0.25, 0.3) is 0 Å². The predicted octanol–water partition coefficient (Wildman–Crippen LogP) is 4.34. The summed E-state index contributed by atoms with van der Waals surface area (Å²) in [5.74, 6) is 0. The van der Waals surface area contributed by atoms with Gasteiger partial charge in [0.1, 0.15) is 0 Å². The van der Waals surface area contributed by atoms with Gasteiger partial charge in [-0.1, -0.05) is 48.5 Å². The first-order valence-electron chi connectivity index (χ1n) is 9.80. The number of ether oxygens (including phenoxy) is 1. The van der Waals surface area contributed by atoms with Gasteiger partial charge in [-0.25, -0.2) is 0 Å². The van der Waals surface area contributed by atoms with Gasteiger partial charge in [-0.3, -0.25) is 14.9 Å². The zero-order valence-corrected chi connectivity index (χ0v) is 16.8. The Morgan fingerprint density at radius 1 is 0.786 bits per heavy atom. The van der Waals surface area contributed by atoms with Crippen LogP contribution in [0, 0.1) is 0 Å². The molecule has 0 spiro atoms. The van der Waals surface area contributed by atoms with E-state index in [4.69, 9.17) is 4.74 Å². The van der Waals surface area contributed by atoms with E-state index in [1.165, 1.54) is 27.7 Å². The summed E-state index contributed by atoms with van der Waals surface area (Å²) in [4.78, 5) is 2.50. The van der Waals surface area contributed by atoms with Crippen LogP contribution in [0.5, 0.6) is 0 Å². The van der Waals surface area contributed by atoms with Gasteiger partial charge in [0, 0.05) is 19.6 Å². The molecule has 5 rings (SSSR count).